The van der Waals surface area contributed by atoms with Gasteiger partial charge in [0.25, 0.3) is 0 Å². The van der Waals surface area contributed by atoms with Gasteiger partial charge in [0.15, 0.2) is 5.11 Å². The van der Waals surface area contributed by atoms with Gasteiger partial charge >= 0.3 is 0 Å². The predicted molar refractivity (Wildman–Crippen MR) is 168 cm³/mol. The molecule has 3 heterocycles. The number of rotatable bonds is 6. The van der Waals surface area contributed by atoms with Crippen LogP contribution >= 0.6 is 23.8 Å². The lowest BCUT2D eigenvalue weighted by atomic mass is 9.69. The standard InChI is InChI=1S/C31H45ClN6S/c1-23-18-24(2)21-38(20-23)28-19-27(37-16-8-3-4-9-17-37)34-29(35-28)36-30(39)33-22-31(14-6-5-7-15-31)25-10-12-26(32)13-11-25/h10-13,19,23-24H,3-9,14-18,20-22H2,1-2H3,(H2,33,34,35,36,39)/t23-,24-/m0/s1. The molecule has 2 N–H and O–H groups in total. The van der Waals surface area contributed by atoms with Crippen molar-refractivity contribution >= 4 is 46.5 Å². The molecule has 0 amide bonds. The third kappa shape index (κ3) is 7.35. The summed E-state index contributed by atoms with van der Waals surface area (Å²) < 4.78 is 0. The first kappa shape index (κ1) is 28.4. The molecule has 2 aliphatic heterocycles. The Balaban J connectivity index is 1.34. The van der Waals surface area contributed by atoms with Crippen LogP contribution in [0.15, 0.2) is 30.3 Å². The van der Waals surface area contributed by atoms with Crippen LogP contribution in [0.2, 0.25) is 5.02 Å². The van der Waals surface area contributed by atoms with Crippen LogP contribution in [-0.2, 0) is 5.41 Å². The number of thiocarbonyl (C=S) groups is 1. The van der Waals surface area contributed by atoms with E-state index in [0.717, 1.165) is 62.2 Å². The van der Waals surface area contributed by atoms with Crippen molar-refractivity contribution in [2.45, 2.75) is 83.5 Å². The number of hydrogen-bond donors (Lipinski definition) is 2. The summed E-state index contributed by atoms with van der Waals surface area (Å²) in [5, 5.41) is 8.31. The molecule has 39 heavy (non-hydrogen) atoms. The summed E-state index contributed by atoms with van der Waals surface area (Å²) in [6.45, 7) is 9.66. The Bertz CT molecular complexity index is 1080. The fraction of sp³-hybridized carbons (Fsp3) is 0.645. The Morgan fingerprint density at radius 3 is 2.13 bits per heavy atom. The van der Waals surface area contributed by atoms with Gasteiger partial charge in [-0.3, -0.25) is 0 Å². The van der Waals surface area contributed by atoms with E-state index < -0.39 is 0 Å². The molecule has 0 spiro atoms. The lowest BCUT2D eigenvalue weighted by molar-refractivity contribution is 0.292. The van der Waals surface area contributed by atoms with Gasteiger partial charge in [0, 0.05) is 49.2 Å². The third-order valence-electron chi connectivity index (χ3n) is 8.90. The number of hydrogen-bond acceptors (Lipinski definition) is 5. The molecule has 1 aliphatic carbocycles. The van der Waals surface area contributed by atoms with Crippen LogP contribution in [0.3, 0.4) is 0 Å². The molecule has 2 aromatic rings. The molecule has 2 saturated heterocycles. The van der Waals surface area contributed by atoms with Gasteiger partial charge in [-0.25, -0.2) is 0 Å². The van der Waals surface area contributed by atoms with E-state index in [1.807, 2.05) is 12.1 Å². The van der Waals surface area contributed by atoms with E-state index in [-0.39, 0.29) is 5.41 Å². The second-order valence-corrected chi connectivity index (χ2v) is 13.2. The summed E-state index contributed by atoms with van der Waals surface area (Å²) in [5.41, 5.74) is 1.41. The van der Waals surface area contributed by atoms with E-state index in [1.54, 1.807) is 0 Å². The van der Waals surface area contributed by atoms with E-state index in [1.165, 1.54) is 56.9 Å². The Labute approximate surface area is 245 Å². The third-order valence-corrected chi connectivity index (χ3v) is 9.40. The van der Waals surface area contributed by atoms with Gasteiger partial charge in [-0.2, -0.15) is 9.97 Å². The van der Waals surface area contributed by atoms with Gasteiger partial charge in [-0.15, -0.1) is 0 Å². The minimum Gasteiger partial charge on any atom is -0.361 e. The molecule has 212 valence electrons. The van der Waals surface area contributed by atoms with Crippen molar-refractivity contribution in [3.05, 3.63) is 40.9 Å². The first-order valence-corrected chi connectivity index (χ1v) is 15.9. The summed E-state index contributed by atoms with van der Waals surface area (Å²) >= 11 is 12.0. The van der Waals surface area contributed by atoms with Crippen LogP contribution < -0.4 is 20.4 Å². The topological polar surface area (TPSA) is 56.3 Å². The highest BCUT2D eigenvalue weighted by molar-refractivity contribution is 7.80. The number of anilines is 3. The van der Waals surface area contributed by atoms with E-state index >= 15 is 0 Å². The Hall–Kier alpha value is -2.12. The highest BCUT2D eigenvalue weighted by Gasteiger charge is 2.34. The molecular formula is C31H45ClN6S. The Morgan fingerprint density at radius 1 is 0.897 bits per heavy atom. The zero-order valence-electron chi connectivity index (χ0n) is 23.7. The van der Waals surface area contributed by atoms with Gasteiger partial charge in [-0.05, 0) is 73.9 Å². The van der Waals surface area contributed by atoms with E-state index in [9.17, 15) is 0 Å². The van der Waals surface area contributed by atoms with E-state index in [2.05, 4.69) is 52.5 Å². The molecule has 0 bridgehead atoms. The largest absolute Gasteiger partial charge is 0.361 e. The van der Waals surface area contributed by atoms with Crippen LogP contribution in [0.1, 0.15) is 83.6 Å². The van der Waals surface area contributed by atoms with Crippen molar-refractivity contribution in [1.82, 2.24) is 15.3 Å². The zero-order chi connectivity index (χ0) is 27.2. The lowest BCUT2D eigenvalue weighted by Crippen LogP contribution is -2.44. The second kappa shape index (κ2) is 13.0. The highest BCUT2D eigenvalue weighted by Crippen LogP contribution is 2.39. The molecule has 1 saturated carbocycles. The Morgan fingerprint density at radius 2 is 1.49 bits per heavy atom. The van der Waals surface area contributed by atoms with Crippen LogP contribution in [-0.4, -0.2) is 47.8 Å². The monoisotopic (exact) mass is 568 g/mol. The number of nitrogens with zero attached hydrogens (tertiary/aromatic N) is 4. The quantitative estimate of drug-likeness (QED) is 0.358. The van der Waals surface area contributed by atoms with Gasteiger partial charge in [0.2, 0.25) is 5.95 Å². The minimum absolute atomic E-state index is 0.0641. The van der Waals surface area contributed by atoms with Crippen LogP contribution in [0.4, 0.5) is 17.6 Å². The van der Waals surface area contributed by atoms with Crippen molar-refractivity contribution < 1.29 is 0 Å². The lowest BCUT2D eigenvalue weighted by Gasteiger charge is -2.38. The molecule has 3 aliphatic rings. The summed E-state index contributed by atoms with van der Waals surface area (Å²) in [7, 11) is 0. The van der Waals surface area contributed by atoms with Crippen LogP contribution in [0, 0.1) is 11.8 Å². The predicted octanol–water partition coefficient (Wildman–Crippen LogP) is 7.18. The fourth-order valence-corrected chi connectivity index (χ4v) is 7.24. The summed E-state index contributed by atoms with van der Waals surface area (Å²) in [6.07, 6.45) is 12.4. The minimum atomic E-state index is 0.0641. The normalized spacial score (nSPS) is 23.7. The Kier molecular flexibility index (Phi) is 9.49. The number of piperidine rings is 1. The summed E-state index contributed by atoms with van der Waals surface area (Å²) in [4.78, 5) is 14.9. The van der Waals surface area contributed by atoms with Gasteiger partial charge in [0.05, 0.1) is 0 Å². The van der Waals surface area contributed by atoms with Crippen molar-refractivity contribution in [3.8, 4) is 0 Å². The fourth-order valence-electron chi connectivity index (χ4n) is 6.95. The molecule has 6 nitrogen and oxygen atoms in total. The summed E-state index contributed by atoms with van der Waals surface area (Å²) in [5.74, 6) is 3.94. The molecule has 5 rings (SSSR count). The maximum atomic E-state index is 6.21. The van der Waals surface area contributed by atoms with Crippen LogP contribution in [0.5, 0.6) is 0 Å². The first-order chi connectivity index (χ1) is 18.9. The van der Waals surface area contributed by atoms with E-state index in [0.29, 0.717) is 22.9 Å². The van der Waals surface area contributed by atoms with Gasteiger partial charge in [-0.1, -0.05) is 69.7 Å². The van der Waals surface area contributed by atoms with Gasteiger partial charge < -0.3 is 20.4 Å². The van der Waals surface area contributed by atoms with Crippen molar-refractivity contribution in [3.63, 3.8) is 0 Å². The molecule has 8 heteroatoms. The van der Waals surface area contributed by atoms with Gasteiger partial charge in [0.1, 0.15) is 11.6 Å². The second-order valence-electron chi connectivity index (χ2n) is 12.3. The van der Waals surface area contributed by atoms with Crippen molar-refractivity contribution in [2.24, 2.45) is 11.8 Å². The molecular weight excluding hydrogens is 524 g/mol. The maximum absolute atomic E-state index is 6.21. The highest BCUT2D eigenvalue weighted by atomic mass is 35.5. The van der Waals surface area contributed by atoms with Crippen molar-refractivity contribution in [2.75, 3.05) is 47.8 Å². The average Bonchev–Trinajstić information content (AvgIpc) is 3.22. The smallest absolute Gasteiger partial charge is 0.232 e. The molecule has 0 unspecified atom stereocenters. The maximum Gasteiger partial charge on any atom is 0.232 e. The number of halogens is 1. The SMILES string of the molecule is C[C@H]1C[C@H](C)CN(c2cc(N3CCCCCC3)nc(NC(=S)NCC3(c4ccc(Cl)cc4)CCCCC3)n2)C1. The molecule has 1 aromatic heterocycles. The van der Waals surface area contributed by atoms with Crippen LogP contribution in [0.25, 0.3) is 0 Å². The molecule has 3 fully saturated rings. The van der Waals surface area contributed by atoms with E-state index in [4.69, 9.17) is 33.8 Å². The zero-order valence-corrected chi connectivity index (χ0v) is 25.3. The summed E-state index contributed by atoms with van der Waals surface area (Å²) in [6, 6.07) is 10.6. The van der Waals surface area contributed by atoms with Crippen molar-refractivity contribution in [1.29, 1.82) is 0 Å². The molecule has 0 radical (unpaired) electrons. The first-order valence-electron chi connectivity index (χ1n) is 15.1. The molecule has 2 atom stereocenters. The molecule has 1 aromatic carbocycles. The number of nitrogens with one attached hydrogen (secondary N) is 2. The number of benzene rings is 1. The number of aromatic nitrogens is 2. The average molecular weight is 569 g/mol.